The van der Waals surface area contributed by atoms with Crippen molar-refractivity contribution in [3.05, 3.63) is 22.4 Å². The molecule has 1 N–H and O–H groups in total. The molecule has 2 heterocycles. The van der Waals surface area contributed by atoms with Gasteiger partial charge in [0.2, 0.25) is 5.91 Å². The van der Waals surface area contributed by atoms with Crippen molar-refractivity contribution in [1.82, 2.24) is 5.32 Å². The van der Waals surface area contributed by atoms with Crippen molar-refractivity contribution >= 4 is 23.1 Å². The molecule has 0 saturated carbocycles. The number of amidine groups is 1. The molecule has 2 rings (SSSR count). The van der Waals surface area contributed by atoms with Crippen molar-refractivity contribution in [2.24, 2.45) is 4.99 Å². The average molecular weight is 180 g/mol. The van der Waals surface area contributed by atoms with Crippen LogP contribution in [0.25, 0.3) is 0 Å². The molecule has 4 heteroatoms. The number of thiophene rings is 1. The second kappa shape index (κ2) is 2.71. The van der Waals surface area contributed by atoms with Crippen LogP contribution < -0.4 is 5.32 Å². The van der Waals surface area contributed by atoms with E-state index >= 15 is 0 Å². The van der Waals surface area contributed by atoms with Crippen molar-refractivity contribution in [1.29, 1.82) is 0 Å². The predicted molar refractivity (Wildman–Crippen MR) is 48.5 cm³/mol. The van der Waals surface area contributed by atoms with Crippen molar-refractivity contribution in [2.75, 3.05) is 0 Å². The van der Waals surface area contributed by atoms with E-state index in [2.05, 4.69) is 10.3 Å². The Labute approximate surface area is 74.1 Å². The Morgan fingerprint density at radius 2 is 2.50 bits per heavy atom. The molecule has 3 nitrogen and oxygen atoms in total. The van der Waals surface area contributed by atoms with Gasteiger partial charge < -0.3 is 5.32 Å². The van der Waals surface area contributed by atoms with Gasteiger partial charge in [-0.2, -0.15) is 11.3 Å². The molecule has 1 aliphatic rings. The summed E-state index contributed by atoms with van der Waals surface area (Å²) in [5, 5.41) is 6.66. The van der Waals surface area contributed by atoms with E-state index in [-0.39, 0.29) is 11.9 Å². The van der Waals surface area contributed by atoms with E-state index in [1.165, 1.54) is 0 Å². The van der Waals surface area contributed by atoms with Gasteiger partial charge in [-0.05, 0) is 18.4 Å². The highest BCUT2D eigenvalue weighted by Gasteiger charge is 2.22. The highest BCUT2D eigenvalue weighted by molar-refractivity contribution is 7.08. The number of aliphatic imine (C=N–C) groups is 1. The van der Waals surface area contributed by atoms with Crippen molar-refractivity contribution in [3.63, 3.8) is 0 Å². The Bertz CT molecular complexity index is 329. The van der Waals surface area contributed by atoms with Crippen LogP contribution in [0.1, 0.15) is 12.5 Å². The number of nitrogens with one attached hydrogen (secondary N) is 1. The average Bonchev–Trinajstić information content (AvgIpc) is 2.61. The molecule has 0 radical (unpaired) electrons. The summed E-state index contributed by atoms with van der Waals surface area (Å²) in [7, 11) is 0. The minimum atomic E-state index is -0.236. The SMILES string of the molecule is CC1N=C(c2ccsc2)NC1=O. The molecule has 0 aliphatic carbocycles. The van der Waals surface area contributed by atoms with Gasteiger partial charge in [0, 0.05) is 10.9 Å². The maximum Gasteiger partial charge on any atom is 0.250 e. The molecule has 0 saturated heterocycles. The van der Waals surface area contributed by atoms with E-state index in [0.717, 1.165) is 5.56 Å². The second-order valence-electron chi connectivity index (χ2n) is 2.65. The highest BCUT2D eigenvalue weighted by Crippen LogP contribution is 2.10. The monoisotopic (exact) mass is 180 g/mol. The van der Waals surface area contributed by atoms with E-state index in [9.17, 15) is 4.79 Å². The third-order valence-electron chi connectivity index (χ3n) is 1.74. The zero-order valence-electron chi connectivity index (χ0n) is 6.57. The van der Waals surface area contributed by atoms with Gasteiger partial charge in [0.25, 0.3) is 0 Å². The Morgan fingerprint density at radius 1 is 1.67 bits per heavy atom. The summed E-state index contributed by atoms with van der Waals surface area (Å²) in [4.78, 5) is 15.2. The number of hydrogen-bond acceptors (Lipinski definition) is 3. The fourth-order valence-corrected chi connectivity index (χ4v) is 1.69. The Hall–Kier alpha value is -1.16. The summed E-state index contributed by atoms with van der Waals surface area (Å²) in [6.07, 6.45) is 0. The molecule has 1 aromatic heterocycles. The zero-order valence-corrected chi connectivity index (χ0v) is 7.39. The lowest BCUT2D eigenvalue weighted by Gasteiger charge is -1.94. The minimum absolute atomic E-state index is 0.0174. The molecule has 12 heavy (non-hydrogen) atoms. The third kappa shape index (κ3) is 1.14. The standard InChI is InChI=1S/C8H8N2OS/c1-5-8(11)10-7(9-5)6-2-3-12-4-6/h2-5H,1H3,(H,9,10,11). The van der Waals surface area contributed by atoms with Gasteiger partial charge in [-0.15, -0.1) is 0 Å². The lowest BCUT2D eigenvalue weighted by molar-refractivity contribution is -0.119. The summed E-state index contributed by atoms with van der Waals surface area (Å²) in [6, 6.07) is 1.71. The molecule has 0 bridgehead atoms. The normalized spacial score (nSPS) is 22.2. The number of hydrogen-bond donors (Lipinski definition) is 1. The van der Waals surface area contributed by atoms with Crippen LogP contribution in [-0.4, -0.2) is 17.8 Å². The molecule has 0 aromatic carbocycles. The van der Waals surface area contributed by atoms with Crippen LogP contribution in [0.15, 0.2) is 21.8 Å². The fraction of sp³-hybridized carbons (Fsp3) is 0.250. The molecule has 0 spiro atoms. The Morgan fingerprint density at radius 3 is 3.00 bits per heavy atom. The largest absolute Gasteiger partial charge is 0.309 e. The summed E-state index contributed by atoms with van der Waals surface area (Å²) in [5.74, 6) is 0.685. The lowest BCUT2D eigenvalue weighted by atomic mass is 10.3. The van der Waals surface area contributed by atoms with Gasteiger partial charge in [0.05, 0.1) is 0 Å². The van der Waals surface area contributed by atoms with E-state index in [4.69, 9.17) is 0 Å². The highest BCUT2D eigenvalue weighted by atomic mass is 32.1. The van der Waals surface area contributed by atoms with Gasteiger partial charge in [0.1, 0.15) is 11.9 Å². The Kier molecular flexibility index (Phi) is 1.69. The first-order chi connectivity index (χ1) is 5.77. The van der Waals surface area contributed by atoms with Crippen LogP contribution in [0.2, 0.25) is 0 Å². The molecule has 1 aromatic rings. The summed E-state index contributed by atoms with van der Waals surface area (Å²) < 4.78 is 0. The fourth-order valence-electron chi connectivity index (χ4n) is 1.05. The first-order valence-electron chi connectivity index (χ1n) is 3.68. The summed E-state index contributed by atoms with van der Waals surface area (Å²) >= 11 is 1.60. The quantitative estimate of drug-likeness (QED) is 0.688. The molecular weight excluding hydrogens is 172 g/mol. The van der Waals surface area contributed by atoms with Gasteiger partial charge in [0.15, 0.2) is 0 Å². The number of carbonyl (C=O) groups is 1. The minimum Gasteiger partial charge on any atom is -0.309 e. The molecule has 0 fully saturated rings. The topological polar surface area (TPSA) is 41.5 Å². The third-order valence-corrected chi connectivity index (χ3v) is 2.42. The van der Waals surface area contributed by atoms with Crippen LogP contribution in [0.5, 0.6) is 0 Å². The van der Waals surface area contributed by atoms with Gasteiger partial charge in [-0.25, -0.2) is 0 Å². The molecule has 1 atom stereocenters. The van der Waals surface area contributed by atoms with Crippen molar-refractivity contribution in [2.45, 2.75) is 13.0 Å². The maximum absolute atomic E-state index is 11.1. The van der Waals surface area contributed by atoms with E-state index in [0.29, 0.717) is 5.84 Å². The molecule has 1 aliphatic heterocycles. The van der Waals surface area contributed by atoms with Crippen LogP contribution in [0.3, 0.4) is 0 Å². The predicted octanol–water partition coefficient (Wildman–Crippen LogP) is 1.01. The van der Waals surface area contributed by atoms with Gasteiger partial charge in [-0.1, -0.05) is 0 Å². The smallest absolute Gasteiger partial charge is 0.250 e. The van der Waals surface area contributed by atoms with E-state index in [1.807, 2.05) is 16.8 Å². The van der Waals surface area contributed by atoms with Gasteiger partial charge in [-0.3, -0.25) is 9.79 Å². The summed E-state index contributed by atoms with van der Waals surface area (Å²) in [6.45, 7) is 1.79. The molecule has 1 amide bonds. The first-order valence-corrected chi connectivity index (χ1v) is 4.63. The first kappa shape index (κ1) is 7.49. The molecular formula is C8H8N2OS. The lowest BCUT2D eigenvalue weighted by Crippen LogP contribution is -2.27. The number of amides is 1. The van der Waals surface area contributed by atoms with Crippen LogP contribution >= 0.6 is 11.3 Å². The van der Waals surface area contributed by atoms with E-state index in [1.54, 1.807) is 18.3 Å². The maximum atomic E-state index is 11.1. The van der Waals surface area contributed by atoms with E-state index < -0.39 is 0 Å². The molecule has 62 valence electrons. The van der Waals surface area contributed by atoms with Crippen molar-refractivity contribution < 1.29 is 4.79 Å². The summed E-state index contributed by atoms with van der Waals surface area (Å²) in [5.41, 5.74) is 0.998. The number of carbonyl (C=O) groups excluding carboxylic acids is 1. The number of nitrogens with zero attached hydrogens (tertiary/aromatic N) is 1. The zero-order chi connectivity index (χ0) is 8.55. The van der Waals surface area contributed by atoms with Crippen molar-refractivity contribution in [3.8, 4) is 0 Å². The van der Waals surface area contributed by atoms with Crippen LogP contribution in [-0.2, 0) is 4.79 Å². The van der Waals surface area contributed by atoms with Gasteiger partial charge >= 0.3 is 0 Å². The second-order valence-corrected chi connectivity index (χ2v) is 3.43. The number of rotatable bonds is 1. The molecule has 1 unspecified atom stereocenters. The Balaban J connectivity index is 2.28. The van der Waals surface area contributed by atoms with Crippen LogP contribution in [0.4, 0.5) is 0 Å². The van der Waals surface area contributed by atoms with Crippen LogP contribution in [0, 0.1) is 0 Å².